The number of carbonyl (C=O) groups is 1. The van der Waals surface area contributed by atoms with Crippen LogP contribution in [0.15, 0.2) is 29.0 Å². The van der Waals surface area contributed by atoms with Gasteiger partial charge in [-0.05, 0) is 40.9 Å². The molecular weight excluding hydrogens is 336 g/mol. The molecule has 5 nitrogen and oxygen atoms in total. The van der Waals surface area contributed by atoms with Crippen molar-refractivity contribution in [3.8, 4) is 0 Å². The van der Waals surface area contributed by atoms with Crippen molar-refractivity contribution < 1.29 is 9.72 Å². The fourth-order valence-electron chi connectivity index (χ4n) is 1.62. The highest BCUT2D eigenvalue weighted by atomic mass is 79.9. The van der Waals surface area contributed by atoms with Crippen LogP contribution >= 0.6 is 27.5 Å². The van der Waals surface area contributed by atoms with Gasteiger partial charge in [-0.15, -0.1) is 0 Å². The van der Waals surface area contributed by atoms with Crippen molar-refractivity contribution in [2.75, 3.05) is 5.32 Å². The molecule has 0 heterocycles. The molecule has 1 aliphatic carbocycles. The van der Waals surface area contributed by atoms with Crippen molar-refractivity contribution in [2.24, 2.45) is 5.92 Å². The summed E-state index contributed by atoms with van der Waals surface area (Å²) in [5, 5.41) is 13.4. The van der Waals surface area contributed by atoms with E-state index in [9.17, 15) is 14.9 Å². The van der Waals surface area contributed by atoms with Crippen molar-refractivity contribution in [3.63, 3.8) is 0 Å². The molecule has 100 valence electrons. The van der Waals surface area contributed by atoms with Crippen LogP contribution in [0.25, 0.3) is 0 Å². The van der Waals surface area contributed by atoms with Crippen LogP contribution < -0.4 is 5.32 Å². The molecule has 19 heavy (non-hydrogen) atoms. The Labute approximate surface area is 122 Å². The van der Waals surface area contributed by atoms with Crippen molar-refractivity contribution >= 4 is 39.0 Å². The van der Waals surface area contributed by atoms with Crippen LogP contribution in [0.3, 0.4) is 0 Å². The molecule has 1 aliphatic rings. The second-order valence-corrected chi connectivity index (χ2v) is 5.46. The number of hydrogen-bond donors (Lipinski definition) is 1. The lowest BCUT2D eigenvalue weighted by Gasteiger charge is -2.09. The van der Waals surface area contributed by atoms with E-state index in [1.54, 1.807) is 12.1 Å². The zero-order valence-corrected chi connectivity index (χ0v) is 12.1. The monoisotopic (exact) mass is 344 g/mol. The molecule has 7 heteroatoms. The summed E-state index contributed by atoms with van der Waals surface area (Å²) in [6.45, 7) is 0. The minimum atomic E-state index is -0.583. The van der Waals surface area contributed by atoms with Crippen LogP contribution in [0.2, 0.25) is 5.02 Å². The quantitative estimate of drug-likeness (QED) is 0.500. The number of nitro groups is 1. The first-order valence-electron chi connectivity index (χ1n) is 5.59. The van der Waals surface area contributed by atoms with Gasteiger partial charge in [-0.3, -0.25) is 14.9 Å². The molecule has 0 amide bonds. The highest BCUT2D eigenvalue weighted by molar-refractivity contribution is 9.10. The van der Waals surface area contributed by atoms with E-state index >= 15 is 0 Å². The molecule has 1 aromatic carbocycles. The Morgan fingerprint density at radius 2 is 2.21 bits per heavy atom. The summed E-state index contributed by atoms with van der Waals surface area (Å²) < 4.78 is 0.624. The fourth-order valence-corrected chi connectivity index (χ4v) is 2.13. The molecule has 0 unspecified atom stereocenters. The van der Waals surface area contributed by atoms with Crippen molar-refractivity contribution in [2.45, 2.75) is 12.8 Å². The Kier molecular flexibility index (Phi) is 4.21. The normalized spacial score (nSPS) is 14.6. The lowest BCUT2D eigenvalue weighted by atomic mass is 10.1. The van der Waals surface area contributed by atoms with E-state index in [-0.39, 0.29) is 11.7 Å². The second-order valence-electron chi connectivity index (χ2n) is 4.20. The third-order valence-electron chi connectivity index (χ3n) is 2.71. The number of hydrogen-bond acceptors (Lipinski definition) is 4. The average molecular weight is 346 g/mol. The molecular formula is C12H10BrClN2O3. The molecule has 0 aromatic heterocycles. The highest BCUT2D eigenvalue weighted by Crippen LogP contribution is 2.37. The average Bonchev–Trinajstić information content (AvgIpc) is 3.16. The SMILES string of the molecule is O=C(c1cc(Cl)c(Br)cc1NC=C[N+](=O)[O-])C1CC1. The van der Waals surface area contributed by atoms with Gasteiger partial charge in [0, 0.05) is 16.0 Å². The van der Waals surface area contributed by atoms with Crippen molar-refractivity contribution in [1.29, 1.82) is 0 Å². The number of nitrogens with zero attached hydrogens (tertiary/aromatic N) is 1. The molecule has 2 rings (SSSR count). The van der Waals surface area contributed by atoms with Crippen LogP contribution in [-0.4, -0.2) is 10.7 Å². The molecule has 0 saturated heterocycles. The van der Waals surface area contributed by atoms with Gasteiger partial charge in [-0.25, -0.2) is 0 Å². The number of benzene rings is 1. The fraction of sp³-hybridized carbons (Fsp3) is 0.250. The van der Waals surface area contributed by atoms with Gasteiger partial charge in [0.15, 0.2) is 5.78 Å². The third-order valence-corrected chi connectivity index (χ3v) is 3.91. The van der Waals surface area contributed by atoms with Crippen LogP contribution in [0, 0.1) is 16.0 Å². The molecule has 0 atom stereocenters. The van der Waals surface area contributed by atoms with Gasteiger partial charge >= 0.3 is 0 Å². The van der Waals surface area contributed by atoms with Gasteiger partial charge in [-0.2, -0.15) is 0 Å². The maximum Gasteiger partial charge on any atom is 0.250 e. The van der Waals surface area contributed by atoms with Gasteiger partial charge in [0.2, 0.25) is 6.20 Å². The van der Waals surface area contributed by atoms with Crippen molar-refractivity contribution in [3.05, 3.63) is 49.7 Å². The first kappa shape index (κ1) is 14.0. The summed E-state index contributed by atoms with van der Waals surface area (Å²) >= 11 is 9.25. The van der Waals surface area contributed by atoms with E-state index in [0.717, 1.165) is 19.0 Å². The Morgan fingerprint density at radius 1 is 1.53 bits per heavy atom. The molecule has 0 bridgehead atoms. The highest BCUT2D eigenvalue weighted by Gasteiger charge is 2.32. The zero-order chi connectivity index (χ0) is 14.0. The van der Waals surface area contributed by atoms with E-state index in [1.165, 1.54) is 6.20 Å². The van der Waals surface area contributed by atoms with Gasteiger partial charge in [0.25, 0.3) is 0 Å². The van der Waals surface area contributed by atoms with Gasteiger partial charge in [0.1, 0.15) is 0 Å². The van der Waals surface area contributed by atoms with Gasteiger partial charge < -0.3 is 5.32 Å². The zero-order valence-electron chi connectivity index (χ0n) is 9.73. The Morgan fingerprint density at radius 3 is 2.79 bits per heavy atom. The maximum absolute atomic E-state index is 12.1. The molecule has 1 fully saturated rings. The maximum atomic E-state index is 12.1. The number of halogens is 2. The number of carbonyl (C=O) groups excluding carboxylic acids is 1. The van der Waals surface area contributed by atoms with E-state index in [4.69, 9.17) is 11.6 Å². The smallest absolute Gasteiger partial charge is 0.250 e. The lowest BCUT2D eigenvalue weighted by molar-refractivity contribution is -0.402. The van der Waals surface area contributed by atoms with Crippen LogP contribution in [0.4, 0.5) is 5.69 Å². The molecule has 0 radical (unpaired) electrons. The third kappa shape index (κ3) is 3.54. The Bertz CT molecular complexity index is 570. The number of ketones is 1. The van der Waals surface area contributed by atoms with Gasteiger partial charge in [-0.1, -0.05) is 11.6 Å². The number of Topliss-reactive ketones (excluding diaryl/α,β-unsaturated/α-hetero) is 1. The van der Waals surface area contributed by atoms with E-state index < -0.39 is 4.92 Å². The Hall–Kier alpha value is -1.40. The minimum absolute atomic E-state index is 0.0198. The standard InChI is InChI=1S/C12H10BrClN2O3/c13-9-6-11(15-3-4-16(18)19)8(5-10(9)14)12(17)7-1-2-7/h3-7,15H,1-2H2. The number of rotatable bonds is 5. The summed E-state index contributed by atoms with van der Waals surface area (Å²) in [5.74, 6) is 0.0729. The summed E-state index contributed by atoms with van der Waals surface area (Å²) in [4.78, 5) is 21.8. The second kappa shape index (κ2) is 5.71. The summed E-state index contributed by atoms with van der Waals surface area (Å²) in [6, 6.07) is 3.22. The van der Waals surface area contributed by atoms with E-state index in [2.05, 4.69) is 21.2 Å². The minimum Gasteiger partial charge on any atom is -0.356 e. The summed E-state index contributed by atoms with van der Waals surface area (Å²) in [6.07, 6.45) is 3.72. The van der Waals surface area contributed by atoms with Crippen LogP contribution in [-0.2, 0) is 0 Å². The Balaban J connectivity index is 2.30. The molecule has 0 spiro atoms. The summed E-state index contributed by atoms with van der Waals surface area (Å²) in [7, 11) is 0. The summed E-state index contributed by atoms with van der Waals surface area (Å²) in [5.41, 5.74) is 0.968. The lowest BCUT2D eigenvalue weighted by Crippen LogP contribution is -2.06. The van der Waals surface area contributed by atoms with E-state index in [1.807, 2.05) is 0 Å². The van der Waals surface area contributed by atoms with E-state index in [0.29, 0.717) is 20.7 Å². The first-order valence-corrected chi connectivity index (χ1v) is 6.76. The van der Waals surface area contributed by atoms with Gasteiger partial charge in [0.05, 0.1) is 21.8 Å². The number of anilines is 1. The molecule has 1 aromatic rings. The molecule has 1 N–H and O–H groups in total. The van der Waals surface area contributed by atoms with Crippen LogP contribution in [0.5, 0.6) is 0 Å². The predicted octanol–water partition coefficient (Wildman–Crippen LogP) is 3.86. The number of nitrogens with one attached hydrogen (secondary N) is 1. The van der Waals surface area contributed by atoms with Crippen molar-refractivity contribution in [1.82, 2.24) is 0 Å². The topological polar surface area (TPSA) is 72.2 Å². The molecule has 0 aliphatic heterocycles. The largest absolute Gasteiger partial charge is 0.356 e. The van der Waals surface area contributed by atoms with Crippen LogP contribution in [0.1, 0.15) is 23.2 Å². The first-order chi connectivity index (χ1) is 8.99. The predicted molar refractivity (Wildman–Crippen MR) is 76.0 cm³/mol. The molecule has 1 saturated carbocycles.